The number of ether oxygens (including phenoxy) is 4. The van der Waals surface area contributed by atoms with E-state index in [9.17, 15) is 4.79 Å². The van der Waals surface area contributed by atoms with Gasteiger partial charge in [-0.05, 0) is 30.3 Å². The van der Waals surface area contributed by atoms with E-state index in [1.165, 1.54) is 20.4 Å². The molecule has 0 fully saturated rings. The summed E-state index contributed by atoms with van der Waals surface area (Å²) in [6, 6.07) is 15.8. The molecule has 28 heavy (non-hydrogen) atoms. The van der Waals surface area contributed by atoms with Crippen molar-refractivity contribution < 1.29 is 23.7 Å². The molecule has 1 amide bonds. The molecule has 7 nitrogen and oxygen atoms in total. The highest BCUT2D eigenvalue weighted by molar-refractivity contribution is 6.08. The quantitative estimate of drug-likeness (QED) is 0.663. The lowest BCUT2D eigenvalue weighted by Crippen LogP contribution is -2.14. The minimum atomic E-state index is -0.366. The number of hydrogen-bond donors (Lipinski definition) is 1. The third-order valence-electron chi connectivity index (χ3n) is 3.93. The molecular formula is C21H20N2O5. The highest BCUT2D eigenvalue weighted by atomic mass is 16.5. The van der Waals surface area contributed by atoms with Crippen LogP contribution in [0.3, 0.4) is 0 Å². The zero-order chi connectivity index (χ0) is 19.9. The van der Waals surface area contributed by atoms with Gasteiger partial charge < -0.3 is 24.3 Å². The molecule has 1 N–H and O–H groups in total. The van der Waals surface area contributed by atoms with E-state index in [2.05, 4.69) is 10.3 Å². The minimum Gasteiger partial charge on any atom is -0.496 e. The van der Waals surface area contributed by atoms with E-state index in [0.717, 1.165) is 0 Å². The molecule has 0 unspecified atom stereocenters. The third-order valence-corrected chi connectivity index (χ3v) is 3.93. The summed E-state index contributed by atoms with van der Waals surface area (Å²) in [7, 11) is 4.56. The van der Waals surface area contributed by atoms with E-state index in [0.29, 0.717) is 40.1 Å². The summed E-state index contributed by atoms with van der Waals surface area (Å²) in [5.74, 6) is 1.99. The second-order valence-electron chi connectivity index (χ2n) is 5.63. The fraction of sp³-hybridized carbons (Fsp3) is 0.143. The molecule has 1 heterocycles. The molecule has 7 heteroatoms. The van der Waals surface area contributed by atoms with Gasteiger partial charge in [0, 0.05) is 6.07 Å². The minimum absolute atomic E-state index is 0.307. The summed E-state index contributed by atoms with van der Waals surface area (Å²) in [6.45, 7) is 0. The van der Waals surface area contributed by atoms with Crippen LogP contribution >= 0.6 is 0 Å². The number of methoxy groups -OCH3 is 3. The van der Waals surface area contributed by atoms with E-state index in [1.54, 1.807) is 49.6 Å². The first-order chi connectivity index (χ1) is 13.7. The van der Waals surface area contributed by atoms with Gasteiger partial charge in [0.2, 0.25) is 5.88 Å². The molecule has 1 aromatic heterocycles. The fourth-order valence-corrected chi connectivity index (χ4v) is 2.60. The first kappa shape index (κ1) is 19.0. The maximum atomic E-state index is 12.7. The Morgan fingerprint density at radius 1 is 0.786 bits per heavy atom. The molecule has 144 valence electrons. The Morgan fingerprint density at radius 3 is 1.96 bits per heavy atom. The van der Waals surface area contributed by atoms with Gasteiger partial charge in [-0.1, -0.05) is 18.2 Å². The van der Waals surface area contributed by atoms with E-state index in [4.69, 9.17) is 18.9 Å². The zero-order valence-corrected chi connectivity index (χ0v) is 15.8. The lowest BCUT2D eigenvalue weighted by molar-refractivity contribution is 0.102. The molecule has 3 aromatic rings. The highest BCUT2D eigenvalue weighted by Crippen LogP contribution is 2.31. The maximum absolute atomic E-state index is 12.7. The van der Waals surface area contributed by atoms with E-state index in [-0.39, 0.29) is 5.91 Å². The summed E-state index contributed by atoms with van der Waals surface area (Å²) in [6.07, 6.45) is 1.50. The van der Waals surface area contributed by atoms with Crippen LogP contribution in [0.5, 0.6) is 28.9 Å². The van der Waals surface area contributed by atoms with Crippen LogP contribution in [0.4, 0.5) is 5.69 Å². The number of anilines is 1. The summed E-state index contributed by atoms with van der Waals surface area (Å²) < 4.78 is 21.5. The molecule has 0 saturated carbocycles. The van der Waals surface area contributed by atoms with Crippen molar-refractivity contribution in [3.05, 3.63) is 66.4 Å². The van der Waals surface area contributed by atoms with Crippen molar-refractivity contribution in [2.45, 2.75) is 0 Å². The number of benzene rings is 2. The average molecular weight is 380 g/mol. The number of carbonyl (C=O) groups is 1. The Bertz CT molecular complexity index is 935. The van der Waals surface area contributed by atoms with Crippen molar-refractivity contribution in [3.8, 4) is 28.9 Å². The number of para-hydroxylation sites is 2. The number of carbonyl (C=O) groups excluding carboxylic acids is 1. The number of rotatable bonds is 7. The number of hydrogen-bond acceptors (Lipinski definition) is 6. The van der Waals surface area contributed by atoms with Crippen molar-refractivity contribution in [3.63, 3.8) is 0 Å². The Morgan fingerprint density at radius 2 is 1.39 bits per heavy atom. The van der Waals surface area contributed by atoms with Gasteiger partial charge in [-0.25, -0.2) is 4.98 Å². The first-order valence-corrected chi connectivity index (χ1v) is 8.45. The molecule has 0 radical (unpaired) electrons. The van der Waals surface area contributed by atoms with Crippen LogP contribution in [0.15, 0.2) is 60.8 Å². The van der Waals surface area contributed by atoms with Gasteiger partial charge in [-0.3, -0.25) is 4.79 Å². The molecular weight excluding hydrogens is 360 g/mol. The van der Waals surface area contributed by atoms with Gasteiger partial charge in [0.15, 0.2) is 11.5 Å². The van der Waals surface area contributed by atoms with Gasteiger partial charge >= 0.3 is 0 Å². The standard InChI is InChI=1S/C21H20N2O5/c1-25-15-7-4-5-8-16(15)28-19-12-11-14(13-22-19)23-21(24)20-17(26-2)9-6-10-18(20)27-3/h4-13H,1-3H3,(H,23,24). The second-order valence-corrected chi connectivity index (χ2v) is 5.63. The van der Waals surface area contributed by atoms with Crippen LogP contribution in [0.25, 0.3) is 0 Å². The number of nitrogens with one attached hydrogen (secondary N) is 1. The second kappa shape index (κ2) is 8.77. The third kappa shape index (κ3) is 4.15. The maximum Gasteiger partial charge on any atom is 0.263 e. The van der Waals surface area contributed by atoms with Crippen LogP contribution in [0.2, 0.25) is 0 Å². The van der Waals surface area contributed by atoms with E-state index < -0.39 is 0 Å². The van der Waals surface area contributed by atoms with Gasteiger partial charge in [0.1, 0.15) is 17.1 Å². The van der Waals surface area contributed by atoms with Crippen molar-refractivity contribution in [2.75, 3.05) is 26.6 Å². The van der Waals surface area contributed by atoms with Crippen LogP contribution in [0, 0.1) is 0 Å². The predicted octanol–water partition coefficient (Wildman–Crippen LogP) is 4.15. The van der Waals surface area contributed by atoms with Crippen molar-refractivity contribution in [2.24, 2.45) is 0 Å². The topological polar surface area (TPSA) is 78.9 Å². The molecule has 0 atom stereocenters. The predicted molar refractivity (Wildman–Crippen MR) is 105 cm³/mol. The van der Waals surface area contributed by atoms with Gasteiger partial charge in [-0.15, -0.1) is 0 Å². The molecule has 0 aliphatic carbocycles. The number of pyridine rings is 1. The van der Waals surface area contributed by atoms with Gasteiger partial charge in [-0.2, -0.15) is 0 Å². The lowest BCUT2D eigenvalue weighted by atomic mass is 10.1. The molecule has 0 spiro atoms. The number of amides is 1. The molecule has 0 bridgehead atoms. The Hall–Kier alpha value is -3.74. The van der Waals surface area contributed by atoms with Crippen LogP contribution in [-0.4, -0.2) is 32.2 Å². The number of aromatic nitrogens is 1. The average Bonchev–Trinajstić information content (AvgIpc) is 2.74. The fourth-order valence-electron chi connectivity index (χ4n) is 2.60. The molecule has 0 aliphatic rings. The van der Waals surface area contributed by atoms with E-state index in [1.807, 2.05) is 12.1 Å². The van der Waals surface area contributed by atoms with Crippen LogP contribution in [0.1, 0.15) is 10.4 Å². The van der Waals surface area contributed by atoms with E-state index >= 15 is 0 Å². The van der Waals surface area contributed by atoms with Crippen molar-refractivity contribution in [1.82, 2.24) is 4.98 Å². The normalized spacial score (nSPS) is 10.1. The van der Waals surface area contributed by atoms with Crippen LogP contribution in [-0.2, 0) is 0 Å². The largest absolute Gasteiger partial charge is 0.496 e. The van der Waals surface area contributed by atoms with Gasteiger partial charge in [0.05, 0.1) is 33.2 Å². The first-order valence-electron chi connectivity index (χ1n) is 8.45. The monoisotopic (exact) mass is 380 g/mol. The van der Waals surface area contributed by atoms with Gasteiger partial charge in [0.25, 0.3) is 5.91 Å². The zero-order valence-electron chi connectivity index (χ0n) is 15.8. The van der Waals surface area contributed by atoms with Crippen LogP contribution < -0.4 is 24.3 Å². The highest BCUT2D eigenvalue weighted by Gasteiger charge is 2.18. The Kier molecular flexibility index (Phi) is 5.96. The summed E-state index contributed by atoms with van der Waals surface area (Å²) in [5, 5.41) is 2.78. The summed E-state index contributed by atoms with van der Waals surface area (Å²) in [4.78, 5) is 16.9. The molecule has 2 aromatic carbocycles. The van der Waals surface area contributed by atoms with Crippen molar-refractivity contribution >= 4 is 11.6 Å². The SMILES string of the molecule is COc1ccccc1Oc1ccc(NC(=O)c2c(OC)cccc2OC)cn1. The van der Waals surface area contributed by atoms with Crippen molar-refractivity contribution in [1.29, 1.82) is 0 Å². The smallest absolute Gasteiger partial charge is 0.263 e. The summed E-state index contributed by atoms with van der Waals surface area (Å²) >= 11 is 0. The Labute approximate surface area is 162 Å². The number of nitrogens with zero attached hydrogens (tertiary/aromatic N) is 1. The molecule has 0 aliphatic heterocycles. The Balaban J connectivity index is 1.75. The molecule has 0 saturated heterocycles. The molecule has 3 rings (SSSR count). The summed E-state index contributed by atoms with van der Waals surface area (Å²) in [5.41, 5.74) is 0.812. The lowest BCUT2D eigenvalue weighted by Gasteiger charge is -2.13.